The highest BCUT2D eigenvalue weighted by Gasteiger charge is 2.23. The zero-order valence-corrected chi connectivity index (χ0v) is 7.55. The average Bonchev–Trinajstić information content (AvgIpc) is 2.07. The van der Waals surface area contributed by atoms with Gasteiger partial charge in [-0.2, -0.15) is 0 Å². The van der Waals surface area contributed by atoms with E-state index in [1.807, 2.05) is 0 Å². The minimum Gasteiger partial charge on any atom is -0.397 e. The molecule has 0 saturated carbocycles. The minimum atomic E-state index is -2.94. The number of pyridine rings is 1. The van der Waals surface area contributed by atoms with Crippen LogP contribution in [0.1, 0.15) is 22.3 Å². The molecule has 0 unspecified atom stereocenters. The number of halogens is 3. The number of alkyl halides is 2. The van der Waals surface area contributed by atoms with Gasteiger partial charge in [-0.1, -0.05) is 0 Å². The van der Waals surface area contributed by atoms with Crippen LogP contribution in [0.15, 0.2) is 6.20 Å². The summed E-state index contributed by atoms with van der Waals surface area (Å²) < 4.78 is 24.9. The number of aromatic nitrogens is 1. The average molecular weight is 222 g/mol. The molecule has 4 nitrogen and oxygen atoms in total. The quantitative estimate of drug-likeness (QED) is 0.743. The van der Waals surface area contributed by atoms with Gasteiger partial charge in [0.1, 0.15) is 5.82 Å². The summed E-state index contributed by atoms with van der Waals surface area (Å²) in [6.45, 7) is 0. The van der Waals surface area contributed by atoms with E-state index >= 15 is 0 Å². The highest BCUT2D eigenvalue weighted by atomic mass is 35.5. The molecule has 0 radical (unpaired) electrons. The third-order valence-corrected chi connectivity index (χ3v) is 1.78. The summed E-state index contributed by atoms with van der Waals surface area (Å²) in [7, 11) is 0. The fourth-order valence-corrected chi connectivity index (χ4v) is 1.21. The molecule has 0 aliphatic rings. The van der Waals surface area contributed by atoms with Crippen molar-refractivity contribution in [3.8, 4) is 0 Å². The van der Waals surface area contributed by atoms with Gasteiger partial charge in [-0.15, -0.1) is 0 Å². The van der Waals surface area contributed by atoms with E-state index in [0.29, 0.717) is 0 Å². The Morgan fingerprint density at radius 2 is 2.07 bits per heavy atom. The van der Waals surface area contributed by atoms with Gasteiger partial charge in [0.05, 0.1) is 23.0 Å². The van der Waals surface area contributed by atoms with E-state index in [0.717, 1.165) is 6.20 Å². The minimum absolute atomic E-state index is 0.213. The van der Waals surface area contributed by atoms with Crippen LogP contribution in [-0.2, 0) is 0 Å². The third kappa shape index (κ3) is 1.74. The number of nitrogen functional groups attached to an aromatic ring is 2. The predicted octanol–water partition coefficient (Wildman–Crippen LogP) is 1.56. The van der Waals surface area contributed by atoms with Gasteiger partial charge in [0, 0.05) is 0 Å². The van der Waals surface area contributed by atoms with E-state index in [2.05, 4.69) is 4.98 Å². The van der Waals surface area contributed by atoms with Crippen LogP contribution in [0.2, 0.25) is 0 Å². The smallest absolute Gasteiger partial charge is 0.268 e. The van der Waals surface area contributed by atoms with Gasteiger partial charge >= 0.3 is 0 Å². The van der Waals surface area contributed by atoms with Crippen LogP contribution in [0.4, 0.5) is 20.3 Å². The van der Waals surface area contributed by atoms with Crippen LogP contribution in [-0.4, -0.2) is 10.2 Å². The molecule has 1 rings (SSSR count). The second-order valence-corrected chi connectivity index (χ2v) is 2.81. The largest absolute Gasteiger partial charge is 0.397 e. The summed E-state index contributed by atoms with van der Waals surface area (Å²) in [5, 5.41) is -1.08. The first kappa shape index (κ1) is 10.6. The van der Waals surface area contributed by atoms with E-state index in [-0.39, 0.29) is 5.69 Å². The lowest BCUT2D eigenvalue weighted by Gasteiger charge is -2.09. The summed E-state index contributed by atoms with van der Waals surface area (Å²) in [5.74, 6) is -0.446. The molecular formula is C7H6ClF2N3O. The lowest BCUT2D eigenvalue weighted by atomic mass is 10.1. The Balaban J connectivity index is 3.50. The van der Waals surface area contributed by atoms with Crippen LogP contribution in [0.5, 0.6) is 0 Å². The van der Waals surface area contributed by atoms with Gasteiger partial charge < -0.3 is 11.5 Å². The molecule has 1 aromatic heterocycles. The molecule has 0 fully saturated rings. The molecule has 0 spiro atoms. The molecule has 0 saturated heterocycles. The Morgan fingerprint density at radius 3 is 2.43 bits per heavy atom. The van der Waals surface area contributed by atoms with Gasteiger partial charge in [0.25, 0.3) is 11.7 Å². The van der Waals surface area contributed by atoms with E-state index in [1.165, 1.54) is 0 Å². The predicted molar refractivity (Wildman–Crippen MR) is 48.2 cm³/mol. The van der Waals surface area contributed by atoms with Crippen molar-refractivity contribution in [1.29, 1.82) is 0 Å². The van der Waals surface area contributed by atoms with Crippen molar-refractivity contribution in [2.75, 3.05) is 11.5 Å². The zero-order valence-electron chi connectivity index (χ0n) is 6.80. The summed E-state index contributed by atoms with van der Waals surface area (Å²) >= 11 is 5.09. The second-order valence-electron chi connectivity index (χ2n) is 2.46. The molecule has 4 N–H and O–H groups in total. The molecule has 0 aromatic carbocycles. The Hall–Kier alpha value is -1.43. The maximum Gasteiger partial charge on any atom is 0.268 e. The van der Waals surface area contributed by atoms with Gasteiger partial charge in [-0.25, -0.2) is 13.8 Å². The molecule has 0 amide bonds. The number of nitrogens with two attached hydrogens (primary N) is 2. The van der Waals surface area contributed by atoms with Gasteiger partial charge in [0.2, 0.25) is 0 Å². The summed E-state index contributed by atoms with van der Waals surface area (Å²) in [6, 6.07) is 0. The molecule has 0 aliphatic carbocycles. The van der Waals surface area contributed by atoms with Crippen LogP contribution >= 0.6 is 11.6 Å². The topological polar surface area (TPSA) is 82.0 Å². The van der Waals surface area contributed by atoms with Crippen molar-refractivity contribution in [3.05, 3.63) is 17.3 Å². The fraction of sp³-hybridized carbons (Fsp3) is 0.143. The van der Waals surface area contributed by atoms with E-state index in [4.69, 9.17) is 23.1 Å². The lowest BCUT2D eigenvalue weighted by Crippen LogP contribution is -2.09. The van der Waals surface area contributed by atoms with Crippen LogP contribution in [0, 0.1) is 0 Å². The molecule has 76 valence electrons. The lowest BCUT2D eigenvalue weighted by molar-refractivity contribution is 0.106. The van der Waals surface area contributed by atoms with Crippen molar-refractivity contribution in [3.63, 3.8) is 0 Å². The number of carbonyl (C=O) groups is 1. The van der Waals surface area contributed by atoms with Gasteiger partial charge in [-0.05, 0) is 11.6 Å². The molecule has 0 aliphatic heterocycles. The molecule has 0 atom stereocenters. The number of rotatable bonds is 2. The zero-order chi connectivity index (χ0) is 10.9. The Labute approximate surface area is 82.9 Å². The van der Waals surface area contributed by atoms with Crippen molar-refractivity contribution in [2.45, 2.75) is 6.43 Å². The Morgan fingerprint density at radius 1 is 1.50 bits per heavy atom. The standard InChI is InChI=1S/C7H6ClF2N3O/c8-5(14)3-2(11)1-13-7(12)4(3)6(9)10/h1,6H,11H2,(H2,12,13). The third-order valence-electron chi connectivity index (χ3n) is 1.59. The normalized spacial score (nSPS) is 10.6. The number of hydrogen-bond acceptors (Lipinski definition) is 4. The molecule has 14 heavy (non-hydrogen) atoms. The highest BCUT2D eigenvalue weighted by molar-refractivity contribution is 6.68. The molecule has 1 aromatic rings. The summed E-state index contributed by atoms with van der Waals surface area (Å²) in [4.78, 5) is 14.2. The van der Waals surface area contributed by atoms with Gasteiger partial charge in [-0.3, -0.25) is 4.79 Å². The first-order valence-corrected chi connectivity index (χ1v) is 3.84. The molecule has 7 heteroatoms. The highest BCUT2D eigenvalue weighted by Crippen LogP contribution is 2.31. The van der Waals surface area contributed by atoms with E-state index in [9.17, 15) is 13.6 Å². The SMILES string of the molecule is Nc1cnc(N)c(C(F)F)c1C(=O)Cl. The first-order chi connectivity index (χ1) is 6.45. The van der Waals surface area contributed by atoms with Crippen molar-refractivity contribution < 1.29 is 13.6 Å². The Kier molecular flexibility index (Phi) is 2.85. The molecule has 1 heterocycles. The van der Waals surface area contributed by atoms with Crippen molar-refractivity contribution in [1.82, 2.24) is 4.98 Å². The number of hydrogen-bond donors (Lipinski definition) is 2. The van der Waals surface area contributed by atoms with Crippen LogP contribution < -0.4 is 11.5 Å². The van der Waals surface area contributed by atoms with Crippen molar-refractivity contribution in [2.24, 2.45) is 0 Å². The van der Waals surface area contributed by atoms with E-state index < -0.39 is 28.6 Å². The maximum absolute atomic E-state index is 12.4. The van der Waals surface area contributed by atoms with Crippen molar-refractivity contribution >= 4 is 28.3 Å². The first-order valence-electron chi connectivity index (χ1n) is 3.47. The van der Waals surface area contributed by atoms with Crippen LogP contribution in [0.25, 0.3) is 0 Å². The molecular weight excluding hydrogens is 216 g/mol. The summed E-state index contributed by atoms with van der Waals surface area (Å²) in [6.07, 6.45) is -1.93. The van der Waals surface area contributed by atoms with E-state index in [1.54, 1.807) is 0 Å². The molecule has 0 bridgehead atoms. The number of nitrogens with zero attached hydrogens (tertiary/aromatic N) is 1. The fourth-order valence-electron chi connectivity index (χ4n) is 0.997. The van der Waals surface area contributed by atoms with Gasteiger partial charge in [0.15, 0.2) is 0 Å². The maximum atomic E-state index is 12.4. The summed E-state index contributed by atoms with van der Waals surface area (Å²) in [5.41, 5.74) is 9.04. The van der Waals surface area contributed by atoms with Crippen LogP contribution in [0.3, 0.4) is 0 Å². The second kappa shape index (κ2) is 3.75. The number of carbonyl (C=O) groups excluding carboxylic acids is 1. The Bertz CT molecular complexity index is 383. The monoisotopic (exact) mass is 221 g/mol. The number of anilines is 2.